The summed E-state index contributed by atoms with van der Waals surface area (Å²) in [5.74, 6) is -6.71. The van der Waals surface area contributed by atoms with Crippen LogP contribution < -0.4 is 32.3 Å². The molecule has 4 heterocycles. The van der Waals surface area contributed by atoms with Gasteiger partial charge in [-0.2, -0.15) is 25.3 Å². The van der Waals surface area contributed by atoms with Crippen LogP contribution in [0.3, 0.4) is 0 Å². The Balaban J connectivity index is 1.33. The molecule has 59 heavy (non-hydrogen) atoms. The lowest BCUT2D eigenvalue weighted by molar-refractivity contribution is -0.143. The molecule has 24 heteroatoms. The van der Waals surface area contributed by atoms with E-state index in [1.165, 1.54) is 34.1 Å². The smallest absolute Gasteiger partial charge is 0.327 e. The van der Waals surface area contributed by atoms with Gasteiger partial charge in [0.25, 0.3) is 0 Å². The molecule has 22 nitrogen and oxygen atoms in total. The number of aliphatic hydroxyl groups excluding tert-OH is 1. The van der Waals surface area contributed by atoms with Crippen LogP contribution in [0.15, 0.2) is 12.5 Å². The first-order valence-electron chi connectivity index (χ1n) is 19.3. The minimum Gasteiger partial charge on any atom is -0.480 e. The number of nitrogens with one attached hydrogen (secondary N) is 6. The second kappa shape index (κ2) is 21.9. The molecule has 0 spiro atoms. The number of nitrogens with zero attached hydrogens (tertiary/aromatic N) is 4. The number of thiol groups is 2. The average molecular weight is 868 g/mol. The van der Waals surface area contributed by atoms with Gasteiger partial charge in [0.1, 0.15) is 42.3 Å². The van der Waals surface area contributed by atoms with Gasteiger partial charge < -0.3 is 62.2 Å². The molecule has 326 valence electrons. The van der Waals surface area contributed by atoms with Crippen LogP contribution in [0.4, 0.5) is 0 Å². The van der Waals surface area contributed by atoms with E-state index in [4.69, 9.17) is 5.73 Å². The highest BCUT2D eigenvalue weighted by Gasteiger charge is 2.41. The quantitative estimate of drug-likeness (QED) is 0.0583. The minimum atomic E-state index is -1.51. The molecule has 3 aliphatic rings. The van der Waals surface area contributed by atoms with E-state index >= 15 is 0 Å². The minimum absolute atomic E-state index is 0.0299. The van der Waals surface area contributed by atoms with Gasteiger partial charge >= 0.3 is 5.97 Å². The van der Waals surface area contributed by atoms with Crippen molar-refractivity contribution in [3.8, 4) is 0 Å². The summed E-state index contributed by atoms with van der Waals surface area (Å²) < 4.78 is 0. The first kappa shape index (κ1) is 46.7. The van der Waals surface area contributed by atoms with Gasteiger partial charge in [0.15, 0.2) is 0 Å². The van der Waals surface area contributed by atoms with Gasteiger partial charge in [0.2, 0.25) is 47.3 Å². The number of carboxylic acid groups (broad SMARTS) is 1. The maximum atomic E-state index is 13.7. The van der Waals surface area contributed by atoms with Crippen molar-refractivity contribution in [1.82, 2.24) is 51.3 Å². The molecule has 1 aromatic rings. The molecule has 8 atom stereocenters. The predicted octanol–water partition coefficient (Wildman–Crippen LogP) is -4.74. The molecule has 3 aliphatic heterocycles. The summed E-state index contributed by atoms with van der Waals surface area (Å²) in [7, 11) is 0. The molecule has 0 aromatic carbocycles. The van der Waals surface area contributed by atoms with Crippen molar-refractivity contribution in [3.05, 3.63) is 18.2 Å². The number of H-pyrrole nitrogens is 1. The molecule has 10 N–H and O–H groups in total. The number of carbonyl (C=O) groups is 9. The summed E-state index contributed by atoms with van der Waals surface area (Å²) in [5.41, 5.74) is 6.38. The molecule has 8 amide bonds. The normalized spacial score (nSPS) is 21.4. The topological polar surface area (TPSA) is 319 Å². The van der Waals surface area contributed by atoms with Crippen molar-refractivity contribution in [2.24, 2.45) is 5.73 Å². The molecule has 0 unspecified atom stereocenters. The number of aromatic nitrogens is 2. The maximum absolute atomic E-state index is 13.7. The molecule has 3 fully saturated rings. The van der Waals surface area contributed by atoms with Crippen molar-refractivity contribution in [2.45, 2.75) is 100 Å². The lowest BCUT2D eigenvalue weighted by Crippen LogP contribution is -2.59. The molecule has 3 saturated heterocycles. The molecule has 1 aromatic heterocycles. The second-order valence-electron chi connectivity index (χ2n) is 14.5. The van der Waals surface area contributed by atoms with E-state index in [0.717, 1.165) is 0 Å². The number of hydrogen-bond donors (Lipinski definition) is 11. The van der Waals surface area contributed by atoms with Crippen molar-refractivity contribution in [2.75, 3.05) is 44.3 Å². The van der Waals surface area contributed by atoms with Gasteiger partial charge in [-0.3, -0.25) is 38.4 Å². The fourth-order valence-electron chi connectivity index (χ4n) is 7.26. The van der Waals surface area contributed by atoms with Crippen molar-refractivity contribution < 1.29 is 53.4 Å². The standard InChI is InChI=1S/C35H53N11O11S2/c1-18(40-29(50)21(11-19-12-37-17-39-19)41-31(52)26-7-4-10-46(26)34(55)20(36)15-58)33(54)45-9-3-6-25(45)32(53)42-22(14-47)28(49)38-13-27(48)44-8-2-5-24(44)30(51)43-23(16-59)35(56)57/h12,17-18,20-26,47,58-59H,2-11,13-16,36H2,1H3,(H,37,39)(H,38,49)(H,40,50)(H,41,52)(H,42,53)(H,43,51)(H,56,57)/t18-,20-,21-,22-,23-,24-,25-,26-/m0/s1. The Morgan fingerprint density at radius 2 is 1.31 bits per heavy atom. The van der Waals surface area contributed by atoms with E-state index in [-0.39, 0.29) is 43.9 Å². The zero-order chi connectivity index (χ0) is 43.4. The summed E-state index contributed by atoms with van der Waals surface area (Å²) in [4.78, 5) is 128. The number of rotatable bonds is 19. The maximum Gasteiger partial charge on any atom is 0.327 e. The molecule has 0 aliphatic carbocycles. The average Bonchev–Trinajstić information content (AvgIpc) is 4.07. The highest BCUT2D eigenvalue weighted by atomic mass is 32.1. The Hall–Kier alpha value is -4.94. The van der Waals surface area contributed by atoms with Gasteiger partial charge in [0.05, 0.1) is 25.5 Å². The molecule has 0 radical (unpaired) electrons. The van der Waals surface area contributed by atoms with Crippen LogP contribution in [0, 0.1) is 0 Å². The number of likely N-dealkylation sites (tertiary alicyclic amines) is 3. The van der Waals surface area contributed by atoms with Crippen LogP contribution in [-0.4, -0.2) is 181 Å². The number of nitrogens with two attached hydrogens (primary N) is 1. The van der Waals surface area contributed by atoms with E-state index < -0.39 is 115 Å². The number of imidazole rings is 1. The van der Waals surface area contributed by atoms with Gasteiger partial charge in [-0.1, -0.05) is 0 Å². The summed E-state index contributed by atoms with van der Waals surface area (Å²) in [6.07, 6.45) is 5.10. The van der Waals surface area contributed by atoms with Crippen molar-refractivity contribution in [1.29, 1.82) is 0 Å². The zero-order valence-corrected chi connectivity index (χ0v) is 34.3. The fourth-order valence-corrected chi connectivity index (χ4v) is 7.66. The third kappa shape index (κ3) is 12.1. The van der Waals surface area contributed by atoms with Gasteiger partial charge in [-0.25, -0.2) is 9.78 Å². The second-order valence-corrected chi connectivity index (χ2v) is 15.3. The van der Waals surface area contributed by atoms with Crippen molar-refractivity contribution >= 4 is 78.5 Å². The van der Waals surface area contributed by atoms with Crippen LogP contribution in [0.5, 0.6) is 0 Å². The summed E-state index contributed by atoms with van der Waals surface area (Å²) in [5, 5.41) is 31.6. The molecule has 4 rings (SSSR count). The lowest BCUT2D eigenvalue weighted by Gasteiger charge is -2.30. The highest BCUT2D eigenvalue weighted by molar-refractivity contribution is 7.80. The monoisotopic (exact) mass is 867 g/mol. The van der Waals surface area contributed by atoms with Crippen LogP contribution in [0.1, 0.15) is 51.1 Å². The van der Waals surface area contributed by atoms with E-state index in [2.05, 4.69) is 61.8 Å². The zero-order valence-electron chi connectivity index (χ0n) is 32.5. The number of hydrogen-bond acceptors (Lipinski definition) is 14. The Kier molecular flexibility index (Phi) is 17.3. The van der Waals surface area contributed by atoms with Crippen LogP contribution >= 0.6 is 25.3 Å². The van der Waals surface area contributed by atoms with E-state index in [1.807, 2.05) is 0 Å². The van der Waals surface area contributed by atoms with Gasteiger partial charge in [-0.15, -0.1) is 0 Å². The van der Waals surface area contributed by atoms with Crippen LogP contribution in [0.25, 0.3) is 0 Å². The Bertz CT molecular complexity index is 1720. The largest absolute Gasteiger partial charge is 0.480 e. The predicted molar refractivity (Wildman–Crippen MR) is 213 cm³/mol. The lowest BCUT2D eigenvalue weighted by atomic mass is 10.1. The van der Waals surface area contributed by atoms with Gasteiger partial charge in [0, 0.05) is 49.5 Å². The van der Waals surface area contributed by atoms with E-state index in [0.29, 0.717) is 37.9 Å². The number of aliphatic carboxylic acids is 1. The fraction of sp³-hybridized carbons (Fsp3) is 0.657. The van der Waals surface area contributed by atoms with E-state index in [1.54, 1.807) is 0 Å². The van der Waals surface area contributed by atoms with Crippen LogP contribution in [0.2, 0.25) is 0 Å². The Morgan fingerprint density at radius 3 is 1.81 bits per heavy atom. The third-order valence-corrected chi connectivity index (χ3v) is 11.2. The molecular weight excluding hydrogens is 815 g/mol. The molecule has 0 bridgehead atoms. The number of aliphatic hydroxyl groups is 1. The summed E-state index contributed by atoms with van der Waals surface area (Å²) >= 11 is 8.01. The SMILES string of the molecule is C[C@H](NC(=O)[C@H](Cc1cnc[nH]1)NC(=O)[C@@H]1CCCN1C(=O)[C@@H](N)CS)C(=O)N1CCC[C@H]1C(=O)N[C@@H](CO)C(=O)NCC(=O)N1CCC[C@H]1C(=O)N[C@@H](CS)C(=O)O. The van der Waals surface area contributed by atoms with Crippen molar-refractivity contribution in [3.63, 3.8) is 0 Å². The summed E-state index contributed by atoms with van der Waals surface area (Å²) in [6.45, 7) is 0.612. The summed E-state index contributed by atoms with van der Waals surface area (Å²) in [6, 6.07) is -8.95. The third-order valence-electron chi connectivity index (χ3n) is 10.4. The molecular formula is C35H53N11O11S2. The molecule has 0 saturated carbocycles. The van der Waals surface area contributed by atoms with Gasteiger partial charge in [-0.05, 0) is 45.4 Å². The Morgan fingerprint density at radius 1 is 0.780 bits per heavy atom. The van der Waals surface area contributed by atoms with Crippen LogP contribution in [-0.2, 0) is 49.6 Å². The Labute approximate surface area is 350 Å². The number of aromatic amines is 1. The number of carbonyl (C=O) groups excluding carboxylic acids is 8. The van der Waals surface area contributed by atoms with E-state index in [9.17, 15) is 53.4 Å². The first-order valence-corrected chi connectivity index (χ1v) is 20.6. The first-order chi connectivity index (χ1) is 28.1. The highest BCUT2D eigenvalue weighted by Crippen LogP contribution is 2.21. The number of carboxylic acids is 1. The number of amides is 8.